The summed E-state index contributed by atoms with van der Waals surface area (Å²) in [6.07, 6.45) is 1.41. The number of hydrogen-bond donors (Lipinski definition) is 0. The van der Waals surface area contributed by atoms with E-state index in [1.807, 2.05) is 30.3 Å². The molecular formula is C11H10Br2O2. The zero-order valence-corrected chi connectivity index (χ0v) is 11.3. The average Bonchev–Trinajstić information content (AvgIpc) is 2.17. The molecule has 4 heteroatoms. The van der Waals surface area contributed by atoms with Crippen LogP contribution >= 0.6 is 31.9 Å². The van der Waals surface area contributed by atoms with Crippen molar-refractivity contribution in [1.82, 2.24) is 0 Å². The van der Waals surface area contributed by atoms with E-state index in [4.69, 9.17) is 4.74 Å². The lowest BCUT2D eigenvalue weighted by Gasteiger charge is -2.13. The fraction of sp³-hybridized carbons (Fsp3) is 0.182. The highest BCUT2D eigenvalue weighted by Crippen LogP contribution is 2.25. The Balaban J connectivity index is 2.91. The first-order valence-corrected chi connectivity index (χ1v) is 5.93. The summed E-state index contributed by atoms with van der Waals surface area (Å²) in [6.45, 7) is 1.39. The summed E-state index contributed by atoms with van der Waals surface area (Å²) >= 11 is 6.50. The fourth-order valence-corrected chi connectivity index (χ4v) is 1.61. The molecule has 1 rings (SSSR count). The Morgan fingerprint density at radius 2 is 1.93 bits per heavy atom. The Morgan fingerprint density at radius 1 is 1.33 bits per heavy atom. The van der Waals surface area contributed by atoms with Crippen molar-refractivity contribution in [3.8, 4) is 0 Å². The second-order valence-electron chi connectivity index (χ2n) is 2.90. The molecular weight excluding hydrogens is 324 g/mol. The molecule has 1 aromatic carbocycles. The normalized spacial score (nSPS) is 11.7. The van der Waals surface area contributed by atoms with Crippen molar-refractivity contribution in [2.75, 3.05) is 0 Å². The predicted octanol–water partition coefficient (Wildman–Crippen LogP) is 3.92. The molecule has 1 atom stereocenters. The van der Waals surface area contributed by atoms with E-state index >= 15 is 0 Å². The molecule has 0 fully saturated rings. The number of benzene rings is 1. The van der Waals surface area contributed by atoms with E-state index in [1.165, 1.54) is 6.92 Å². The molecule has 0 aliphatic rings. The first-order valence-electron chi connectivity index (χ1n) is 4.34. The maximum absolute atomic E-state index is 10.9. The van der Waals surface area contributed by atoms with Gasteiger partial charge in [-0.3, -0.25) is 4.79 Å². The van der Waals surface area contributed by atoms with Crippen LogP contribution < -0.4 is 0 Å². The molecule has 0 aromatic heterocycles. The molecule has 15 heavy (non-hydrogen) atoms. The Labute approximate surface area is 106 Å². The third-order valence-electron chi connectivity index (χ3n) is 1.70. The summed E-state index contributed by atoms with van der Waals surface area (Å²) in [5.41, 5.74) is 0.934. The van der Waals surface area contributed by atoms with Gasteiger partial charge in [0.15, 0.2) is 0 Å². The smallest absolute Gasteiger partial charge is 0.303 e. The van der Waals surface area contributed by atoms with Gasteiger partial charge in [0.1, 0.15) is 6.10 Å². The van der Waals surface area contributed by atoms with Crippen LogP contribution in [0.5, 0.6) is 0 Å². The van der Waals surface area contributed by atoms with Gasteiger partial charge in [0.05, 0.1) is 3.39 Å². The van der Waals surface area contributed by atoms with Gasteiger partial charge >= 0.3 is 5.97 Å². The van der Waals surface area contributed by atoms with Crippen LogP contribution in [-0.2, 0) is 9.53 Å². The van der Waals surface area contributed by atoms with Crippen molar-refractivity contribution in [1.29, 1.82) is 0 Å². The summed E-state index contributed by atoms with van der Waals surface area (Å²) in [5, 5.41) is 0. The third-order valence-corrected chi connectivity index (χ3v) is 2.23. The largest absolute Gasteiger partial charge is 0.453 e. The maximum atomic E-state index is 10.9. The summed E-state index contributed by atoms with van der Waals surface area (Å²) in [5.74, 6) is -0.304. The Bertz CT molecular complexity index is 356. The Morgan fingerprint density at radius 3 is 2.40 bits per heavy atom. The van der Waals surface area contributed by atoms with Crippen molar-refractivity contribution < 1.29 is 9.53 Å². The molecule has 0 aliphatic carbocycles. The maximum Gasteiger partial charge on any atom is 0.303 e. The topological polar surface area (TPSA) is 26.3 Å². The van der Waals surface area contributed by atoms with E-state index in [0.29, 0.717) is 0 Å². The quantitative estimate of drug-likeness (QED) is 0.783. The number of ether oxygens (including phenoxy) is 1. The van der Waals surface area contributed by atoms with Crippen LogP contribution in [0.15, 0.2) is 39.8 Å². The van der Waals surface area contributed by atoms with Crippen LogP contribution in [0.2, 0.25) is 0 Å². The lowest BCUT2D eigenvalue weighted by atomic mass is 10.1. The minimum Gasteiger partial charge on any atom is -0.453 e. The van der Waals surface area contributed by atoms with Gasteiger partial charge in [0.25, 0.3) is 0 Å². The number of halogens is 2. The molecule has 0 saturated heterocycles. The highest BCUT2D eigenvalue weighted by atomic mass is 79.9. The fourth-order valence-electron chi connectivity index (χ4n) is 1.13. The molecule has 2 nitrogen and oxygen atoms in total. The average molecular weight is 334 g/mol. The van der Waals surface area contributed by atoms with Crippen LogP contribution in [0.25, 0.3) is 0 Å². The van der Waals surface area contributed by atoms with Gasteiger partial charge in [0.2, 0.25) is 0 Å². The van der Waals surface area contributed by atoms with E-state index in [1.54, 1.807) is 6.08 Å². The van der Waals surface area contributed by atoms with Crippen molar-refractivity contribution in [2.24, 2.45) is 0 Å². The number of carbonyl (C=O) groups is 1. The van der Waals surface area contributed by atoms with Crippen molar-refractivity contribution in [2.45, 2.75) is 13.0 Å². The van der Waals surface area contributed by atoms with Gasteiger partial charge in [0, 0.05) is 6.92 Å². The molecule has 0 bridgehead atoms. The lowest BCUT2D eigenvalue weighted by Crippen LogP contribution is -2.06. The van der Waals surface area contributed by atoms with Gasteiger partial charge in [-0.25, -0.2) is 0 Å². The van der Waals surface area contributed by atoms with Gasteiger partial charge in [-0.2, -0.15) is 0 Å². The van der Waals surface area contributed by atoms with E-state index in [9.17, 15) is 4.79 Å². The van der Waals surface area contributed by atoms with Crippen molar-refractivity contribution >= 4 is 37.8 Å². The zero-order valence-electron chi connectivity index (χ0n) is 8.11. The molecule has 0 spiro atoms. The summed E-state index contributed by atoms with van der Waals surface area (Å²) in [6, 6.07) is 9.55. The number of esters is 1. The number of carbonyl (C=O) groups excluding carboxylic acids is 1. The van der Waals surface area contributed by atoms with Crippen LogP contribution in [0.4, 0.5) is 0 Å². The first kappa shape index (κ1) is 12.5. The minimum absolute atomic E-state index is 0.304. The predicted molar refractivity (Wildman–Crippen MR) is 66.9 cm³/mol. The van der Waals surface area contributed by atoms with E-state index < -0.39 is 0 Å². The van der Waals surface area contributed by atoms with E-state index in [0.717, 1.165) is 8.96 Å². The summed E-state index contributed by atoms with van der Waals surface area (Å²) < 4.78 is 5.93. The molecule has 80 valence electrons. The van der Waals surface area contributed by atoms with Crippen LogP contribution in [0.1, 0.15) is 18.6 Å². The molecule has 0 amide bonds. The first-order chi connectivity index (χ1) is 7.09. The van der Waals surface area contributed by atoms with Crippen LogP contribution in [0, 0.1) is 0 Å². The highest BCUT2D eigenvalue weighted by Gasteiger charge is 2.11. The monoisotopic (exact) mass is 332 g/mol. The van der Waals surface area contributed by atoms with E-state index in [-0.39, 0.29) is 12.1 Å². The molecule has 0 N–H and O–H groups in total. The second kappa shape index (κ2) is 6.08. The van der Waals surface area contributed by atoms with Crippen molar-refractivity contribution in [3.05, 3.63) is 45.4 Å². The van der Waals surface area contributed by atoms with Crippen LogP contribution in [0.3, 0.4) is 0 Å². The summed E-state index contributed by atoms with van der Waals surface area (Å²) in [4.78, 5) is 10.9. The SMILES string of the molecule is CC(=O)OC(C=C(Br)Br)c1ccccc1. The molecule has 0 heterocycles. The third kappa shape index (κ3) is 4.62. The number of hydrogen-bond acceptors (Lipinski definition) is 2. The van der Waals surface area contributed by atoms with Gasteiger partial charge in [-0.1, -0.05) is 30.3 Å². The minimum atomic E-state index is -0.363. The molecule has 1 unspecified atom stereocenters. The lowest BCUT2D eigenvalue weighted by molar-refractivity contribution is -0.144. The number of rotatable bonds is 3. The molecule has 0 saturated carbocycles. The molecule has 1 aromatic rings. The highest BCUT2D eigenvalue weighted by molar-refractivity contribution is 9.28. The Kier molecular flexibility index (Phi) is 5.05. The molecule has 0 radical (unpaired) electrons. The van der Waals surface area contributed by atoms with Gasteiger partial charge in [-0.15, -0.1) is 0 Å². The van der Waals surface area contributed by atoms with Gasteiger partial charge < -0.3 is 4.74 Å². The zero-order chi connectivity index (χ0) is 11.3. The standard InChI is InChI=1S/C11H10Br2O2/c1-8(14)15-10(7-11(12)13)9-5-3-2-4-6-9/h2-7,10H,1H3. The van der Waals surface area contributed by atoms with E-state index in [2.05, 4.69) is 31.9 Å². The van der Waals surface area contributed by atoms with Crippen molar-refractivity contribution in [3.63, 3.8) is 0 Å². The van der Waals surface area contributed by atoms with Gasteiger partial charge in [-0.05, 0) is 43.5 Å². The summed E-state index contributed by atoms with van der Waals surface area (Å²) in [7, 11) is 0. The Hall–Kier alpha value is -0.610. The second-order valence-corrected chi connectivity index (χ2v) is 5.67. The van der Waals surface area contributed by atoms with Crippen LogP contribution in [-0.4, -0.2) is 5.97 Å². The molecule has 0 aliphatic heterocycles.